The van der Waals surface area contributed by atoms with Crippen LogP contribution in [-0.4, -0.2) is 23.2 Å². The highest BCUT2D eigenvalue weighted by molar-refractivity contribution is 5.53. The van der Waals surface area contributed by atoms with Crippen LogP contribution in [0.2, 0.25) is 0 Å². The van der Waals surface area contributed by atoms with Crippen molar-refractivity contribution in [3.63, 3.8) is 0 Å². The van der Waals surface area contributed by atoms with Crippen LogP contribution in [0, 0.1) is 0 Å². The molecule has 21 heavy (non-hydrogen) atoms. The van der Waals surface area contributed by atoms with Crippen molar-refractivity contribution >= 4 is 0 Å². The summed E-state index contributed by atoms with van der Waals surface area (Å²) in [5, 5.41) is 7.20. The van der Waals surface area contributed by atoms with Crippen LogP contribution in [0.1, 0.15) is 30.1 Å². The Hall–Kier alpha value is -1.89. The highest BCUT2D eigenvalue weighted by atomic mass is 19.4. The van der Waals surface area contributed by atoms with Gasteiger partial charge in [-0.25, -0.2) is 0 Å². The van der Waals surface area contributed by atoms with Gasteiger partial charge in [0, 0.05) is 11.5 Å². The smallest absolute Gasteiger partial charge is 0.334 e. The van der Waals surface area contributed by atoms with Crippen LogP contribution < -0.4 is 5.32 Å². The number of alkyl halides is 3. The Bertz CT molecular complexity index is 601. The van der Waals surface area contributed by atoms with Crippen molar-refractivity contribution in [3.05, 3.63) is 35.7 Å². The molecule has 4 nitrogen and oxygen atoms in total. The van der Waals surface area contributed by atoms with Crippen LogP contribution in [0.15, 0.2) is 28.8 Å². The summed E-state index contributed by atoms with van der Waals surface area (Å²) in [6, 6.07) is 4.73. The van der Waals surface area contributed by atoms with Gasteiger partial charge in [0.25, 0.3) is 5.89 Å². The summed E-state index contributed by atoms with van der Waals surface area (Å²) in [6.07, 6.45) is -2.47. The number of rotatable bonds is 2. The fourth-order valence-corrected chi connectivity index (χ4v) is 2.40. The summed E-state index contributed by atoms with van der Waals surface area (Å²) in [4.78, 5) is 4.31. The molecule has 112 valence electrons. The Morgan fingerprint density at radius 1 is 1.10 bits per heavy atom. The molecular weight excluding hydrogens is 283 g/mol. The minimum absolute atomic E-state index is 0.248. The first-order valence-electron chi connectivity index (χ1n) is 6.76. The van der Waals surface area contributed by atoms with Gasteiger partial charge in [-0.3, -0.25) is 0 Å². The Balaban J connectivity index is 1.79. The summed E-state index contributed by atoms with van der Waals surface area (Å²) < 4.78 is 42.7. The molecule has 0 unspecified atom stereocenters. The van der Waals surface area contributed by atoms with Gasteiger partial charge in [-0.2, -0.15) is 18.2 Å². The van der Waals surface area contributed by atoms with Crippen molar-refractivity contribution in [2.24, 2.45) is 0 Å². The average molecular weight is 297 g/mol. The first kappa shape index (κ1) is 14.1. The summed E-state index contributed by atoms with van der Waals surface area (Å²) in [5.41, 5.74) is -0.194. The molecule has 0 saturated carbocycles. The Morgan fingerprint density at radius 2 is 1.76 bits per heavy atom. The lowest BCUT2D eigenvalue weighted by Gasteiger charge is -2.18. The molecule has 3 rings (SSSR count). The van der Waals surface area contributed by atoms with E-state index in [1.165, 1.54) is 12.1 Å². The Kier molecular flexibility index (Phi) is 3.67. The number of hydrogen-bond acceptors (Lipinski definition) is 4. The van der Waals surface area contributed by atoms with Gasteiger partial charge < -0.3 is 9.84 Å². The molecule has 0 spiro atoms. The third-order valence-corrected chi connectivity index (χ3v) is 3.61. The molecule has 7 heteroatoms. The van der Waals surface area contributed by atoms with E-state index in [2.05, 4.69) is 15.5 Å². The summed E-state index contributed by atoms with van der Waals surface area (Å²) >= 11 is 0. The standard InChI is InChI=1S/C14H14F3N3O/c15-14(16,17)11-3-1-10(2-4-11)13-19-12(20-21-13)9-5-7-18-8-6-9/h1-4,9,18H,5-8H2. The van der Waals surface area contributed by atoms with E-state index in [1.807, 2.05) is 0 Å². The van der Waals surface area contributed by atoms with E-state index in [0.29, 0.717) is 11.4 Å². The third-order valence-electron chi connectivity index (χ3n) is 3.61. The molecule has 0 aliphatic carbocycles. The van der Waals surface area contributed by atoms with Crippen molar-refractivity contribution in [1.82, 2.24) is 15.5 Å². The largest absolute Gasteiger partial charge is 0.416 e. The highest BCUT2D eigenvalue weighted by Crippen LogP contribution is 2.31. The first-order chi connectivity index (χ1) is 10.0. The van der Waals surface area contributed by atoms with Crippen molar-refractivity contribution in [2.45, 2.75) is 24.9 Å². The van der Waals surface area contributed by atoms with Crippen LogP contribution in [-0.2, 0) is 6.18 Å². The maximum absolute atomic E-state index is 12.5. The van der Waals surface area contributed by atoms with E-state index in [1.54, 1.807) is 0 Å². The van der Waals surface area contributed by atoms with Crippen LogP contribution in [0.5, 0.6) is 0 Å². The molecule has 0 atom stereocenters. The lowest BCUT2D eigenvalue weighted by Crippen LogP contribution is -2.27. The van der Waals surface area contributed by atoms with Crippen molar-refractivity contribution in [3.8, 4) is 11.5 Å². The van der Waals surface area contributed by atoms with Crippen molar-refractivity contribution < 1.29 is 17.7 Å². The molecule has 1 saturated heterocycles. The molecular formula is C14H14F3N3O. The fraction of sp³-hybridized carbons (Fsp3) is 0.429. The summed E-state index contributed by atoms with van der Waals surface area (Å²) in [5.74, 6) is 1.14. The number of nitrogens with one attached hydrogen (secondary N) is 1. The van der Waals surface area contributed by atoms with E-state index in [4.69, 9.17) is 4.52 Å². The van der Waals surface area contributed by atoms with E-state index in [0.717, 1.165) is 38.1 Å². The zero-order valence-electron chi connectivity index (χ0n) is 11.2. The molecule has 2 heterocycles. The number of benzene rings is 1. The normalized spacial score (nSPS) is 17.1. The highest BCUT2D eigenvalue weighted by Gasteiger charge is 2.30. The second-order valence-corrected chi connectivity index (χ2v) is 5.06. The molecule has 0 bridgehead atoms. The van der Waals surface area contributed by atoms with E-state index in [-0.39, 0.29) is 11.8 Å². The molecule has 0 radical (unpaired) electrons. The molecule has 1 fully saturated rings. The summed E-state index contributed by atoms with van der Waals surface area (Å²) in [7, 11) is 0. The third kappa shape index (κ3) is 3.07. The van der Waals surface area contributed by atoms with E-state index in [9.17, 15) is 13.2 Å². The molecule has 2 aromatic rings. The van der Waals surface area contributed by atoms with Gasteiger partial charge in [-0.15, -0.1) is 0 Å². The van der Waals surface area contributed by atoms with Crippen LogP contribution in [0.4, 0.5) is 13.2 Å². The molecule has 1 aromatic carbocycles. The number of nitrogens with zero attached hydrogens (tertiary/aromatic N) is 2. The predicted molar refractivity (Wildman–Crippen MR) is 69.6 cm³/mol. The summed E-state index contributed by atoms with van der Waals surface area (Å²) in [6.45, 7) is 1.82. The number of piperidine rings is 1. The van der Waals surface area contributed by atoms with E-state index < -0.39 is 11.7 Å². The van der Waals surface area contributed by atoms with Gasteiger partial charge >= 0.3 is 6.18 Å². The minimum atomic E-state index is -4.34. The first-order valence-corrected chi connectivity index (χ1v) is 6.76. The number of hydrogen-bond donors (Lipinski definition) is 1. The SMILES string of the molecule is FC(F)(F)c1ccc(-c2nc(C3CCNCC3)no2)cc1. The van der Waals surface area contributed by atoms with E-state index >= 15 is 0 Å². The van der Waals surface area contributed by atoms with Crippen LogP contribution in [0.25, 0.3) is 11.5 Å². The Morgan fingerprint density at radius 3 is 2.38 bits per heavy atom. The average Bonchev–Trinajstić information content (AvgIpc) is 2.97. The van der Waals surface area contributed by atoms with Crippen LogP contribution >= 0.6 is 0 Å². The maximum atomic E-state index is 12.5. The van der Waals surface area contributed by atoms with Gasteiger partial charge in [0.2, 0.25) is 0 Å². The van der Waals surface area contributed by atoms with Crippen LogP contribution in [0.3, 0.4) is 0 Å². The Labute approximate surface area is 119 Å². The molecule has 1 aromatic heterocycles. The zero-order chi connectivity index (χ0) is 14.9. The zero-order valence-corrected chi connectivity index (χ0v) is 11.2. The maximum Gasteiger partial charge on any atom is 0.416 e. The number of aromatic nitrogens is 2. The van der Waals surface area contributed by atoms with Gasteiger partial charge in [0.1, 0.15) is 0 Å². The van der Waals surface area contributed by atoms with Crippen molar-refractivity contribution in [1.29, 1.82) is 0 Å². The van der Waals surface area contributed by atoms with Gasteiger partial charge in [0.05, 0.1) is 5.56 Å². The van der Waals surface area contributed by atoms with Gasteiger partial charge in [-0.05, 0) is 50.2 Å². The second-order valence-electron chi connectivity index (χ2n) is 5.06. The predicted octanol–water partition coefficient (Wildman–Crippen LogP) is 3.22. The fourth-order valence-electron chi connectivity index (χ4n) is 2.40. The monoisotopic (exact) mass is 297 g/mol. The molecule has 1 aliphatic rings. The second kappa shape index (κ2) is 5.48. The van der Waals surface area contributed by atoms with Crippen molar-refractivity contribution in [2.75, 3.05) is 13.1 Å². The molecule has 0 amide bonds. The lowest BCUT2D eigenvalue weighted by atomic mass is 9.98. The molecule has 1 N–H and O–H groups in total. The molecule has 1 aliphatic heterocycles. The van der Waals surface area contributed by atoms with Gasteiger partial charge in [0.15, 0.2) is 5.82 Å². The topological polar surface area (TPSA) is 51.0 Å². The number of halogens is 3. The van der Waals surface area contributed by atoms with Gasteiger partial charge in [-0.1, -0.05) is 5.16 Å². The minimum Gasteiger partial charge on any atom is -0.334 e. The lowest BCUT2D eigenvalue weighted by molar-refractivity contribution is -0.137. The quantitative estimate of drug-likeness (QED) is 0.924.